The molecular formula is C18H16F2N4O3S. The molecule has 0 amide bonds. The van der Waals surface area contributed by atoms with Gasteiger partial charge in [0, 0.05) is 18.9 Å². The molecule has 1 fully saturated rings. The van der Waals surface area contributed by atoms with E-state index in [-0.39, 0.29) is 23.2 Å². The van der Waals surface area contributed by atoms with Gasteiger partial charge in [-0.25, -0.2) is 17.2 Å². The van der Waals surface area contributed by atoms with Gasteiger partial charge < -0.3 is 4.42 Å². The summed E-state index contributed by atoms with van der Waals surface area (Å²) in [7, 11) is -4.07. The van der Waals surface area contributed by atoms with Crippen molar-refractivity contribution in [1.29, 1.82) is 0 Å². The van der Waals surface area contributed by atoms with Crippen molar-refractivity contribution in [3.8, 4) is 11.5 Å². The maximum absolute atomic E-state index is 13.6. The second-order valence-corrected chi connectivity index (χ2v) is 8.28. The summed E-state index contributed by atoms with van der Waals surface area (Å²) in [4.78, 5) is 3.68. The van der Waals surface area contributed by atoms with Gasteiger partial charge in [0.25, 0.3) is 0 Å². The smallest absolute Gasteiger partial charge is 0.249 e. The van der Waals surface area contributed by atoms with Gasteiger partial charge in [-0.15, -0.1) is 10.2 Å². The highest BCUT2D eigenvalue weighted by molar-refractivity contribution is 7.89. The third kappa shape index (κ3) is 3.40. The van der Waals surface area contributed by atoms with E-state index in [1.54, 1.807) is 24.5 Å². The molecule has 0 radical (unpaired) electrons. The van der Waals surface area contributed by atoms with Crippen LogP contribution in [-0.2, 0) is 10.0 Å². The van der Waals surface area contributed by atoms with Crippen molar-refractivity contribution in [2.24, 2.45) is 0 Å². The number of sulfonamides is 1. The Morgan fingerprint density at radius 3 is 2.71 bits per heavy atom. The molecule has 0 spiro atoms. The zero-order valence-electron chi connectivity index (χ0n) is 14.6. The molecule has 1 saturated heterocycles. The Bertz CT molecular complexity index is 1090. The van der Waals surface area contributed by atoms with Crippen LogP contribution in [0.15, 0.2) is 52.0 Å². The third-order valence-electron chi connectivity index (χ3n) is 4.59. The highest BCUT2D eigenvalue weighted by atomic mass is 32.2. The molecule has 1 aliphatic heterocycles. The van der Waals surface area contributed by atoms with Gasteiger partial charge in [0.05, 0.1) is 10.5 Å². The monoisotopic (exact) mass is 406 g/mol. The van der Waals surface area contributed by atoms with Crippen molar-refractivity contribution in [3.05, 3.63) is 60.3 Å². The van der Waals surface area contributed by atoms with Crippen LogP contribution in [0.1, 0.15) is 31.2 Å². The van der Waals surface area contributed by atoms with Crippen LogP contribution < -0.4 is 0 Å². The van der Waals surface area contributed by atoms with E-state index >= 15 is 0 Å². The van der Waals surface area contributed by atoms with Crippen molar-refractivity contribution in [1.82, 2.24) is 19.5 Å². The van der Waals surface area contributed by atoms with Gasteiger partial charge in [0.1, 0.15) is 6.04 Å². The number of halogens is 2. The van der Waals surface area contributed by atoms with Gasteiger partial charge in [-0.1, -0.05) is 6.42 Å². The Hall–Kier alpha value is -2.72. The zero-order chi connectivity index (χ0) is 19.7. The fourth-order valence-corrected chi connectivity index (χ4v) is 4.85. The Morgan fingerprint density at radius 1 is 1.11 bits per heavy atom. The van der Waals surface area contributed by atoms with Crippen LogP contribution in [-0.4, -0.2) is 34.4 Å². The number of nitrogens with zero attached hydrogens (tertiary/aromatic N) is 4. The van der Waals surface area contributed by atoms with Crippen LogP contribution in [0.25, 0.3) is 11.5 Å². The highest BCUT2D eigenvalue weighted by Crippen LogP contribution is 2.36. The summed E-state index contributed by atoms with van der Waals surface area (Å²) in [5.74, 6) is -1.93. The van der Waals surface area contributed by atoms with Gasteiger partial charge >= 0.3 is 0 Å². The Kier molecular flexibility index (Phi) is 4.90. The summed E-state index contributed by atoms with van der Waals surface area (Å²) in [6, 6.07) is 5.33. The van der Waals surface area contributed by atoms with E-state index in [1.165, 1.54) is 4.31 Å². The van der Waals surface area contributed by atoms with Gasteiger partial charge in [-0.05, 0) is 43.2 Å². The fraction of sp³-hybridized carbons (Fsp3) is 0.278. The average Bonchev–Trinajstić information content (AvgIpc) is 3.21. The van der Waals surface area contributed by atoms with E-state index in [0.29, 0.717) is 24.5 Å². The molecule has 0 aliphatic carbocycles. The van der Waals surface area contributed by atoms with Crippen molar-refractivity contribution in [2.75, 3.05) is 6.54 Å². The van der Waals surface area contributed by atoms with Crippen LogP contribution in [0.5, 0.6) is 0 Å². The molecule has 3 aromatic rings. The molecule has 1 atom stereocenters. The molecule has 0 bridgehead atoms. The predicted octanol–water partition coefficient (Wildman–Crippen LogP) is 3.33. The lowest BCUT2D eigenvalue weighted by molar-refractivity contribution is 0.220. The number of aromatic nitrogens is 3. The van der Waals surface area contributed by atoms with E-state index < -0.39 is 27.7 Å². The summed E-state index contributed by atoms with van der Waals surface area (Å²) >= 11 is 0. The summed E-state index contributed by atoms with van der Waals surface area (Å²) in [6.45, 7) is 0.219. The molecule has 0 unspecified atom stereocenters. The first-order valence-corrected chi connectivity index (χ1v) is 10.1. The topological polar surface area (TPSA) is 89.2 Å². The first-order valence-electron chi connectivity index (χ1n) is 8.67. The fourth-order valence-electron chi connectivity index (χ4n) is 3.19. The number of pyridine rings is 1. The van der Waals surface area contributed by atoms with Gasteiger partial charge in [-0.2, -0.15) is 4.31 Å². The van der Waals surface area contributed by atoms with Gasteiger partial charge in [0.2, 0.25) is 21.8 Å². The number of rotatable bonds is 4. The Labute approximate surface area is 160 Å². The van der Waals surface area contributed by atoms with E-state index in [0.717, 1.165) is 18.6 Å². The third-order valence-corrected chi connectivity index (χ3v) is 6.49. The maximum Gasteiger partial charge on any atom is 0.249 e. The zero-order valence-corrected chi connectivity index (χ0v) is 15.4. The number of hydrogen-bond acceptors (Lipinski definition) is 6. The lowest BCUT2D eigenvalue weighted by Gasteiger charge is -2.32. The SMILES string of the molecule is O=S(=O)(c1ccc(F)c(F)c1)N1CCCC[C@@H]1c1nnc(-c2cccnc2)o1. The molecule has 0 N–H and O–H groups in total. The quantitative estimate of drug-likeness (QED) is 0.660. The molecule has 146 valence electrons. The first-order chi connectivity index (χ1) is 13.5. The molecule has 0 saturated carbocycles. The van der Waals surface area contributed by atoms with E-state index in [1.807, 2.05) is 0 Å². The van der Waals surface area contributed by atoms with E-state index in [4.69, 9.17) is 4.42 Å². The predicted molar refractivity (Wildman–Crippen MR) is 94.4 cm³/mol. The molecule has 2 aromatic heterocycles. The standard InChI is InChI=1S/C18H16F2N4O3S/c19-14-7-6-13(10-15(14)20)28(25,26)24-9-2-1-5-16(24)18-23-22-17(27-18)12-4-3-8-21-11-12/h3-4,6-8,10-11,16H,1-2,5,9H2/t16-/m1/s1. The van der Waals surface area contributed by atoms with Crippen molar-refractivity contribution >= 4 is 10.0 Å². The lowest BCUT2D eigenvalue weighted by atomic mass is 10.1. The van der Waals surface area contributed by atoms with Crippen LogP contribution in [0.2, 0.25) is 0 Å². The maximum atomic E-state index is 13.6. The highest BCUT2D eigenvalue weighted by Gasteiger charge is 2.37. The van der Waals surface area contributed by atoms with E-state index in [2.05, 4.69) is 15.2 Å². The number of piperidine rings is 1. The van der Waals surface area contributed by atoms with Gasteiger partial charge in [0.15, 0.2) is 11.6 Å². The minimum atomic E-state index is -4.07. The molecule has 28 heavy (non-hydrogen) atoms. The van der Waals surface area contributed by atoms with E-state index in [9.17, 15) is 17.2 Å². The second kappa shape index (κ2) is 7.36. The molecule has 1 aromatic carbocycles. The summed E-state index contributed by atoms with van der Waals surface area (Å²) < 4.78 is 59.8. The minimum absolute atomic E-state index is 0.157. The molecule has 4 rings (SSSR count). The molecule has 10 heteroatoms. The van der Waals surface area contributed by atoms with Gasteiger partial charge in [-0.3, -0.25) is 4.98 Å². The van der Waals surface area contributed by atoms with Crippen LogP contribution in [0, 0.1) is 11.6 Å². The lowest BCUT2D eigenvalue weighted by Crippen LogP contribution is -2.38. The molecule has 7 nitrogen and oxygen atoms in total. The number of hydrogen-bond donors (Lipinski definition) is 0. The Morgan fingerprint density at radius 2 is 1.96 bits per heavy atom. The van der Waals surface area contributed by atoms with Crippen molar-refractivity contribution in [2.45, 2.75) is 30.2 Å². The van der Waals surface area contributed by atoms with Crippen molar-refractivity contribution in [3.63, 3.8) is 0 Å². The normalized spacial score (nSPS) is 18.3. The van der Waals surface area contributed by atoms with Crippen LogP contribution in [0.3, 0.4) is 0 Å². The molecule has 1 aliphatic rings. The number of benzene rings is 1. The average molecular weight is 406 g/mol. The first kappa shape index (κ1) is 18.6. The molecule has 3 heterocycles. The largest absolute Gasteiger partial charge is 0.419 e. The molecular weight excluding hydrogens is 390 g/mol. The second-order valence-electron chi connectivity index (χ2n) is 6.39. The summed E-state index contributed by atoms with van der Waals surface area (Å²) in [6.07, 6.45) is 5.08. The van der Waals surface area contributed by atoms with Crippen LogP contribution >= 0.6 is 0 Å². The summed E-state index contributed by atoms with van der Waals surface area (Å²) in [5.41, 5.74) is 0.618. The van der Waals surface area contributed by atoms with Crippen LogP contribution in [0.4, 0.5) is 8.78 Å². The Balaban J connectivity index is 1.68. The summed E-state index contributed by atoms with van der Waals surface area (Å²) in [5, 5.41) is 8.01. The minimum Gasteiger partial charge on any atom is -0.419 e. The van der Waals surface area contributed by atoms with Crippen molar-refractivity contribution < 1.29 is 21.6 Å².